The Bertz CT molecular complexity index is 631. The number of carbonyl (C=O) groups excluding carboxylic acids is 2. The number of rotatable bonds is 1. The SMILES string of the molecule is CC(=O)N1CCC2N=C(C3=CC/C=C\CC=C3)NCC(=O)C2CC1. The van der Waals surface area contributed by atoms with E-state index in [9.17, 15) is 9.59 Å². The van der Waals surface area contributed by atoms with Crippen LogP contribution in [0, 0.1) is 5.92 Å². The lowest BCUT2D eigenvalue weighted by molar-refractivity contribution is -0.129. The molecule has 1 fully saturated rings. The van der Waals surface area contributed by atoms with Crippen LogP contribution in [-0.2, 0) is 9.59 Å². The number of amides is 1. The van der Waals surface area contributed by atoms with E-state index >= 15 is 0 Å². The quantitative estimate of drug-likeness (QED) is 0.750. The molecule has 2 unspecified atom stereocenters. The van der Waals surface area contributed by atoms with Gasteiger partial charge >= 0.3 is 0 Å². The number of carbonyl (C=O) groups is 2. The van der Waals surface area contributed by atoms with Gasteiger partial charge in [-0.1, -0.05) is 30.4 Å². The second-order valence-electron chi connectivity index (χ2n) is 6.56. The van der Waals surface area contributed by atoms with E-state index in [1.807, 2.05) is 4.90 Å². The van der Waals surface area contributed by atoms with Gasteiger partial charge in [0.25, 0.3) is 0 Å². The summed E-state index contributed by atoms with van der Waals surface area (Å²) in [7, 11) is 0. The van der Waals surface area contributed by atoms with Gasteiger partial charge in [0, 0.05) is 31.5 Å². The summed E-state index contributed by atoms with van der Waals surface area (Å²) >= 11 is 0. The predicted octanol–water partition coefficient (Wildman–Crippen LogP) is 2.02. The second-order valence-corrected chi connectivity index (χ2v) is 6.56. The third-order valence-corrected chi connectivity index (χ3v) is 4.94. The highest BCUT2D eigenvalue weighted by Crippen LogP contribution is 2.25. The fourth-order valence-corrected chi connectivity index (χ4v) is 3.53. The lowest BCUT2D eigenvalue weighted by atomic mass is 9.91. The van der Waals surface area contributed by atoms with Crippen molar-refractivity contribution in [3.05, 3.63) is 36.0 Å². The highest BCUT2D eigenvalue weighted by molar-refractivity contribution is 6.04. The number of nitrogens with zero attached hydrogens (tertiary/aromatic N) is 2. The Hall–Kier alpha value is -2.17. The minimum absolute atomic E-state index is 0.0397. The molecule has 1 aliphatic carbocycles. The molecule has 3 aliphatic rings. The second kappa shape index (κ2) is 7.60. The number of amidine groups is 1. The van der Waals surface area contributed by atoms with Gasteiger partial charge in [0.2, 0.25) is 5.91 Å². The van der Waals surface area contributed by atoms with Crippen LogP contribution in [0.1, 0.15) is 32.6 Å². The van der Waals surface area contributed by atoms with Gasteiger partial charge in [-0.25, -0.2) is 0 Å². The number of fused-ring (bicyclic) bond motifs is 1. The third-order valence-electron chi connectivity index (χ3n) is 4.94. The van der Waals surface area contributed by atoms with Gasteiger partial charge in [0.05, 0.1) is 12.6 Å². The fraction of sp³-hybridized carbons (Fsp3) is 0.526. The van der Waals surface area contributed by atoms with Crippen LogP contribution in [0.15, 0.2) is 40.9 Å². The zero-order valence-corrected chi connectivity index (χ0v) is 14.2. The molecule has 1 N–H and O–H groups in total. The Kier molecular flexibility index (Phi) is 5.28. The topological polar surface area (TPSA) is 61.8 Å². The highest BCUT2D eigenvalue weighted by atomic mass is 16.2. The number of hydrogen-bond acceptors (Lipinski definition) is 4. The Morgan fingerprint density at radius 1 is 1.21 bits per heavy atom. The van der Waals surface area contributed by atoms with E-state index in [0.29, 0.717) is 26.1 Å². The number of hydrogen-bond donors (Lipinski definition) is 1. The van der Waals surface area contributed by atoms with Crippen molar-refractivity contribution in [3.63, 3.8) is 0 Å². The summed E-state index contributed by atoms with van der Waals surface area (Å²) in [6.07, 6.45) is 13.9. The lowest BCUT2D eigenvalue weighted by Gasteiger charge is -2.18. The first-order valence-corrected chi connectivity index (χ1v) is 8.77. The van der Waals surface area contributed by atoms with Gasteiger partial charge in [0.15, 0.2) is 5.78 Å². The van der Waals surface area contributed by atoms with Crippen molar-refractivity contribution in [1.82, 2.24) is 10.2 Å². The van der Waals surface area contributed by atoms with E-state index in [1.54, 1.807) is 6.92 Å². The minimum Gasteiger partial charge on any atom is -0.363 e. The summed E-state index contributed by atoms with van der Waals surface area (Å²) in [5.41, 5.74) is 1.06. The number of Topliss-reactive ketones (excluding diaryl/α,β-unsaturated/α-hetero) is 1. The molecule has 0 aromatic heterocycles. The minimum atomic E-state index is -0.0858. The first-order chi connectivity index (χ1) is 11.6. The van der Waals surface area contributed by atoms with Crippen molar-refractivity contribution < 1.29 is 9.59 Å². The molecule has 5 nitrogen and oxygen atoms in total. The maximum Gasteiger partial charge on any atom is 0.219 e. The molecule has 0 radical (unpaired) electrons. The summed E-state index contributed by atoms with van der Waals surface area (Å²) < 4.78 is 0. The molecule has 128 valence electrons. The molecule has 0 bridgehead atoms. The molecule has 3 rings (SSSR count). The maximum atomic E-state index is 12.5. The fourth-order valence-electron chi connectivity index (χ4n) is 3.53. The molecular weight excluding hydrogens is 302 g/mol. The summed E-state index contributed by atoms with van der Waals surface area (Å²) in [5, 5.41) is 3.24. The van der Waals surface area contributed by atoms with Crippen molar-refractivity contribution in [2.75, 3.05) is 19.6 Å². The Balaban J connectivity index is 1.85. The largest absolute Gasteiger partial charge is 0.363 e. The third kappa shape index (κ3) is 3.83. The Morgan fingerprint density at radius 2 is 2.00 bits per heavy atom. The molecule has 0 aromatic carbocycles. The van der Waals surface area contributed by atoms with Gasteiger partial charge in [0.1, 0.15) is 5.84 Å². The van der Waals surface area contributed by atoms with Crippen LogP contribution in [0.4, 0.5) is 0 Å². The molecular formula is C19H25N3O2. The van der Waals surface area contributed by atoms with E-state index in [2.05, 4.69) is 35.7 Å². The number of aliphatic imine (C=N–C) groups is 1. The van der Waals surface area contributed by atoms with Crippen LogP contribution in [0.5, 0.6) is 0 Å². The van der Waals surface area contributed by atoms with Gasteiger partial charge in [-0.05, 0) is 25.7 Å². The first-order valence-electron chi connectivity index (χ1n) is 8.77. The molecule has 0 aromatic rings. The molecule has 0 saturated carbocycles. The van der Waals surface area contributed by atoms with Gasteiger partial charge in [-0.2, -0.15) is 0 Å². The molecule has 24 heavy (non-hydrogen) atoms. The van der Waals surface area contributed by atoms with E-state index in [0.717, 1.165) is 30.7 Å². The normalized spacial score (nSPS) is 29.0. The summed E-state index contributed by atoms with van der Waals surface area (Å²) in [6.45, 7) is 3.25. The van der Waals surface area contributed by atoms with E-state index < -0.39 is 0 Å². The first kappa shape index (κ1) is 16.7. The van der Waals surface area contributed by atoms with Gasteiger partial charge in [-0.15, -0.1) is 0 Å². The van der Waals surface area contributed by atoms with Crippen LogP contribution >= 0.6 is 0 Å². The van der Waals surface area contributed by atoms with Crippen LogP contribution < -0.4 is 5.32 Å². The van der Waals surface area contributed by atoms with Crippen molar-refractivity contribution in [2.24, 2.45) is 10.9 Å². The Labute approximate surface area is 143 Å². The zero-order chi connectivity index (χ0) is 16.9. The van der Waals surface area contributed by atoms with Crippen LogP contribution in [0.25, 0.3) is 0 Å². The maximum absolute atomic E-state index is 12.5. The number of allylic oxidation sites excluding steroid dienone is 4. The average Bonchev–Trinajstić information content (AvgIpc) is 2.81. The van der Waals surface area contributed by atoms with Crippen LogP contribution in [0.2, 0.25) is 0 Å². The smallest absolute Gasteiger partial charge is 0.219 e. The molecule has 2 atom stereocenters. The van der Waals surface area contributed by atoms with E-state index in [1.165, 1.54) is 0 Å². The number of nitrogens with one attached hydrogen (secondary N) is 1. The van der Waals surface area contributed by atoms with Crippen LogP contribution in [0.3, 0.4) is 0 Å². The van der Waals surface area contributed by atoms with Crippen molar-refractivity contribution in [1.29, 1.82) is 0 Å². The summed E-state index contributed by atoms with van der Waals surface area (Å²) in [6, 6.07) is -0.0397. The average molecular weight is 327 g/mol. The highest BCUT2D eigenvalue weighted by Gasteiger charge is 2.34. The van der Waals surface area contributed by atoms with Crippen LogP contribution in [-0.4, -0.2) is 48.1 Å². The zero-order valence-electron chi connectivity index (χ0n) is 14.2. The van der Waals surface area contributed by atoms with Crippen molar-refractivity contribution in [2.45, 2.75) is 38.6 Å². The standard InChI is InChI=1S/C19H25N3O2/c1-14(23)22-11-9-16-17(10-12-22)21-19(20-13-18(16)24)15-7-5-3-2-4-6-8-15/h2-3,6-8,16-17H,4-5,9-13H2,1H3,(H,20,21)/b3-2-,8-6?,15-7?. The molecule has 1 amide bonds. The number of likely N-dealkylation sites (tertiary alicyclic amines) is 1. The number of ketones is 1. The molecule has 2 aliphatic heterocycles. The van der Waals surface area contributed by atoms with Gasteiger partial charge in [-0.3, -0.25) is 14.6 Å². The van der Waals surface area contributed by atoms with Gasteiger partial charge < -0.3 is 10.2 Å². The molecule has 0 spiro atoms. The lowest BCUT2D eigenvalue weighted by Crippen LogP contribution is -2.33. The summed E-state index contributed by atoms with van der Waals surface area (Å²) in [4.78, 5) is 30.9. The molecule has 2 heterocycles. The predicted molar refractivity (Wildman–Crippen MR) is 94.8 cm³/mol. The van der Waals surface area contributed by atoms with Crippen molar-refractivity contribution in [3.8, 4) is 0 Å². The van der Waals surface area contributed by atoms with Crippen molar-refractivity contribution >= 4 is 17.5 Å². The van der Waals surface area contributed by atoms with E-state index in [-0.39, 0.29) is 23.7 Å². The summed E-state index contributed by atoms with van der Waals surface area (Å²) in [5.74, 6) is 1.02. The van der Waals surface area contributed by atoms with E-state index in [4.69, 9.17) is 4.99 Å². The Morgan fingerprint density at radius 3 is 2.83 bits per heavy atom. The molecule has 5 heteroatoms. The molecule has 1 saturated heterocycles. The monoisotopic (exact) mass is 327 g/mol.